The summed E-state index contributed by atoms with van der Waals surface area (Å²) in [4.78, 5) is 21.9. The van der Waals surface area contributed by atoms with Crippen LogP contribution in [0.3, 0.4) is 0 Å². The molecule has 4 nitrogen and oxygen atoms in total. The number of carbonyl (C=O) groups is 2. The molecular weight excluding hydrogens is 328 g/mol. The molecule has 0 aromatic heterocycles. The van der Waals surface area contributed by atoms with Crippen molar-refractivity contribution in [3.05, 3.63) is 12.2 Å². The lowest BCUT2D eigenvalue weighted by Gasteiger charge is -2.01. The van der Waals surface area contributed by atoms with E-state index in [2.05, 4.69) is 21.6 Å². The lowest BCUT2D eigenvalue weighted by atomic mass is 10.1. The third-order valence-electron chi connectivity index (χ3n) is 4.63. The highest BCUT2D eigenvalue weighted by molar-refractivity contribution is 5.69. The predicted molar refractivity (Wildman–Crippen MR) is 107 cm³/mol. The van der Waals surface area contributed by atoms with Crippen LogP contribution < -0.4 is 0 Å². The molecule has 0 saturated heterocycles. The Morgan fingerprint density at radius 3 is 1.19 bits per heavy atom. The Labute approximate surface area is 160 Å². The number of hydrogen-bond donors (Lipinski definition) is 0. The highest BCUT2D eigenvalue weighted by Crippen LogP contribution is 2.11. The minimum atomic E-state index is -0.0912. The summed E-state index contributed by atoms with van der Waals surface area (Å²) >= 11 is 0. The Kier molecular flexibility index (Phi) is 19.0. The minimum absolute atomic E-state index is 0.0876. The van der Waals surface area contributed by atoms with Crippen LogP contribution in [0.25, 0.3) is 0 Å². The van der Waals surface area contributed by atoms with E-state index in [0.717, 1.165) is 25.7 Å². The molecule has 26 heavy (non-hydrogen) atoms. The molecule has 0 aliphatic heterocycles. The molecule has 0 aliphatic carbocycles. The van der Waals surface area contributed by atoms with Crippen molar-refractivity contribution in [2.24, 2.45) is 0 Å². The van der Waals surface area contributed by atoms with Gasteiger partial charge in [-0.05, 0) is 38.5 Å². The Morgan fingerprint density at radius 1 is 0.538 bits per heavy atom. The van der Waals surface area contributed by atoms with E-state index in [-0.39, 0.29) is 11.9 Å². The maximum absolute atomic E-state index is 11.0. The van der Waals surface area contributed by atoms with Crippen molar-refractivity contribution < 1.29 is 19.1 Å². The van der Waals surface area contributed by atoms with Crippen LogP contribution in [0.5, 0.6) is 0 Å². The molecule has 0 bridgehead atoms. The molecule has 0 radical (unpaired) electrons. The monoisotopic (exact) mass is 368 g/mol. The Hall–Kier alpha value is -1.32. The number of methoxy groups -OCH3 is 2. The van der Waals surface area contributed by atoms with Crippen LogP contribution in [0.2, 0.25) is 0 Å². The van der Waals surface area contributed by atoms with Crippen molar-refractivity contribution in [3.8, 4) is 0 Å². The van der Waals surface area contributed by atoms with Crippen molar-refractivity contribution in [3.63, 3.8) is 0 Å². The van der Waals surface area contributed by atoms with Gasteiger partial charge >= 0.3 is 11.9 Å². The van der Waals surface area contributed by atoms with Crippen molar-refractivity contribution in [1.82, 2.24) is 0 Å². The zero-order chi connectivity index (χ0) is 19.3. The summed E-state index contributed by atoms with van der Waals surface area (Å²) < 4.78 is 9.26. The van der Waals surface area contributed by atoms with Crippen molar-refractivity contribution in [2.45, 2.75) is 103 Å². The van der Waals surface area contributed by atoms with E-state index in [9.17, 15) is 9.59 Å². The zero-order valence-corrected chi connectivity index (χ0v) is 17.1. The molecule has 0 unspecified atom stereocenters. The van der Waals surface area contributed by atoms with Crippen LogP contribution in [0.1, 0.15) is 103 Å². The summed E-state index contributed by atoms with van der Waals surface area (Å²) in [7, 11) is 2.90. The molecule has 4 heteroatoms. The summed E-state index contributed by atoms with van der Waals surface area (Å²) in [5, 5.41) is 0. The van der Waals surface area contributed by atoms with Crippen LogP contribution in [0.4, 0.5) is 0 Å². The summed E-state index contributed by atoms with van der Waals surface area (Å²) in [6.45, 7) is 0. The van der Waals surface area contributed by atoms with Gasteiger partial charge in [0.05, 0.1) is 14.2 Å². The summed E-state index contributed by atoms with van der Waals surface area (Å²) in [5.74, 6) is -0.179. The Balaban J connectivity index is 3.15. The summed E-state index contributed by atoms with van der Waals surface area (Å²) in [6, 6.07) is 0. The third-order valence-corrected chi connectivity index (χ3v) is 4.63. The van der Waals surface area contributed by atoms with Gasteiger partial charge in [-0.1, -0.05) is 63.5 Å². The second-order valence-corrected chi connectivity index (χ2v) is 6.94. The topological polar surface area (TPSA) is 52.6 Å². The highest BCUT2D eigenvalue weighted by Gasteiger charge is 1.99. The number of ether oxygens (including phenoxy) is 2. The minimum Gasteiger partial charge on any atom is -0.469 e. The van der Waals surface area contributed by atoms with Gasteiger partial charge in [-0.3, -0.25) is 9.59 Å². The summed E-state index contributed by atoms with van der Waals surface area (Å²) in [5.41, 5.74) is 0. The number of carbonyl (C=O) groups excluding carboxylic acids is 2. The fourth-order valence-electron chi connectivity index (χ4n) is 2.92. The smallest absolute Gasteiger partial charge is 0.305 e. The zero-order valence-electron chi connectivity index (χ0n) is 17.1. The molecule has 0 N–H and O–H groups in total. The first-order valence-corrected chi connectivity index (χ1v) is 10.5. The normalized spacial score (nSPS) is 11.0. The molecule has 0 amide bonds. The largest absolute Gasteiger partial charge is 0.469 e. The maximum Gasteiger partial charge on any atom is 0.305 e. The first-order chi connectivity index (χ1) is 12.7. The van der Waals surface area contributed by atoms with E-state index in [1.807, 2.05) is 0 Å². The lowest BCUT2D eigenvalue weighted by Crippen LogP contribution is -1.99. The number of hydrogen-bond acceptors (Lipinski definition) is 4. The molecule has 0 aromatic rings. The third kappa shape index (κ3) is 19.0. The van der Waals surface area contributed by atoms with E-state index in [1.165, 1.54) is 78.4 Å². The van der Waals surface area contributed by atoms with E-state index >= 15 is 0 Å². The summed E-state index contributed by atoms with van der Waals surface area (Å²) in [6.07, 6.45) is 22.4. The second kappa shape index (κ2) is 20.0. The highest BCUT2D eigenvalue weighted by atomic mass is 16.5. The second-order valence-electron chi connectivity index (χ2n) is 6.94. The van der Waals surface area contributed by atoms with Crippen LogP contribution in [-0.2, 0) is 19.1 Å². The van der Waals surface area contributed by atoms with Crippen LogP contribution in [-0.4, -0.2) is 26.2 Å². The molecule has 0 aliphatic rings. The van der Waals surface area contributed by atoms with Gasteiger partial charge in [-0.15, -0.1) is 0 Å². The number of rotatable bonds is 18. The van der Waals surface area contributed by atoms with Gasteiger partial charge in [-0.2, -0.15) is 0 Å². The molecule has 152 valence electrons. The number of allylic oxidation sites excluding steroid dienone is 2. The van der Waals surface area contributed by atoms with Crippen molar-refractivity contribution >= 4 is 11.9 Å². The van der Waals surface area contributed by atoms with E-state index in [4.69, 9.17) is 0 Å². The molecule has 0 spiro atoms. The van der Waals surface area contributed by atoms with Gasteiger partial charge in [0.1, 0.15) is 0 Å². The van der Waals surface area contributed by atoms with Crippen molar-refractivity contribution in [2.75, 3.05) is 14.2 Å². The predicted octanol–water partition coefficient (Wildman–Crippen LogP) is 6.13. The first kappa shape index (κ1) is 24.7. The van der Waals surface area contributed by atoms with Crippen LogP contribution in [0, 0.1) is 0 Å². The molecule has 0 aromatic carbocycles. The quantitative estimate of drug-likeness (QED) is 0.166. The van der Waals surface area contributed by atoms with E-state index < -0.39 is 0 Å². The SMILES string of the molecule is COC(=O)CCCCCCC/C=C\CCCCCCCCCC(=O)OC. The van der Waals surface area contributed by atoms with Gasteiger partial charge in [0, 0.05) is 12.8 Å². The van der Waals surface area contributed by atoms with Gasteiger partial charge in [0.15, 0.2) is 0 Å². The van der Waals surface area contributed by atoms with Gasteiger partial charge < -0.3 is 9.47 Å². The molecule has 0 atom stereocenters. The van der Waals surface area contributed by atoms with Crippen LogP contribution in [0.15, 0.2) is 12.2 Å². The van der Waals surface area contributed by atoms with Gasteiger partial charge in [0.2, 0.25) is 0 Å². The Bertz CT molecular complexity index is 363. The lowest BCUT2D eigenvalue weighted by molar-refractivity contribution is -0.141. The fourth-order valence-corrected chi connectivity index (χ4v) is 2.92. The Morgan fingerprint density at radius 2 is 0.846 bits per heavy atom. The molecular formula is C22H40O4. The fraction of sp³-hybridized carbons (Fsp3) is 0.818. The van der Waals surface area contributed by atoms with Crippen LogP contribution >= 0.6 is 0 Å². The standard InChI is InChI=1S/C22H40O4/c1-25-21(23)19-17-15-13-11-9-7-5-3-4-6-8-10-12-14-16-18-20-22(24)26-2/h3,5H,4,6-20H2,1-2H3/b5-3-. The molecule has 0 heterocycles. The average Bonchev–Trinajstić information content (AvgIpc) is 2.66. The van der Waals surface area contributed by atoms with E-state index in [0.29, 0.717) is 12.8 Å². The molecule has 0 rings (SSSR count). The molecule has 0 saturated carbocycles. The number of unbranched alkanes of at least 4 members (excludes halogenated alkanes) is 12. The average molecular weight is 369 g/mol. The first-order valence-electron chi connectivity index (χ1n) is 10.5. The maximum atomic E-state index is 11.0. The molecule has 0 fully saturated rings. The van der Waals surface area contributed by atoms with Gasteiger partial charge in [0.25, 0.3) is 0 Å². The van der Waals surface area contributed by atoms with Gasteiger partial charge in [-0.25, -0.2) is 0 Å². The number of esters is 2. The van der Waals surface area contributed by atoms with E-state index in [1.54, 1.807) is 0 Å². The van der Waals surface area contributed by atoms with Crippen molar-refractivity contribution in [1.29, 1.82) is 0 Å².